The van der Waals surface area contributed by atoms with Crippen molar-refractivity contribution in [3.63, 3.8) is 0 Å². The van der Waals surface area contributed by atoms with Crippen LogP contribution in [0.1, 0.15) is 7.43 Å². The van der Waals surface area contributed by atoms with Gasteiger partial charge in [-0.25, -0.2) is 15.0 Å². The van der Waals surface area contributed by atoms with E-state index in [2.05, 4.69) is 138 Å². The Kier molecular flexibility index (Phi) is 6.67. The van der Waals surface area contributed by atoms with Gasteiger partial charge in [0.15, 0.2) is 17.5 Å². The van der Waals surface area contributed by atoms with Crippen LogP contribution in [0.5, 0.6) is 0 Å². The third-order valence-electron chi connectivity index (χ3n) is 10.4. The molecule has 0 N–H and O–H groups in total. The Morgan fingerprint density at radius 1 is 0.327 bits per heavy atom. The van der Waals surface area contributed by atoms with Crippen LogP contribution >= 0.6 is 0 Å². The fourth-order valence-corrected chi connectivity index (χ4v) is 8.11. The van der Waals surface area contributed by atoms with Gasteiger partial charge in [-0.3, -0.25) is 0 Å². The molecule has 0 unspecified atom stereocenters. The van der Waals surface area contributed by atoms with Crippen molar-refractivity contribution in [2.45, 2.75) is 7.43 Å². The molecule has 2 heterocycles. The lowest BCUT2D eigenvalue weighted by molar-refractivity contribution is 1.07. The summed E-state index contributed by atoms with van der Waals surface area (Å²) in [5, 5.41) is 7.35. The molecule has 0 saturated carbocycles. The van der Waals surface area contributed by atoms with Gasteiger partial charge in [0.2, 0.25) is 0 Å². The van der Waals surface area contributed by atoms with E-state index in [9.17, 15) is 0 Å². The molecule has 4 heteroatoms. The van der Waals surface area contributed by atoms with Gasteiger partial charge in [0.25, 0.3) is 0 Å². The van der Waals surface area contributed by atoms with Gasteiger partial charge in [-0.1, -0.05) is 153 Å². The van der Waals surface area contributed by atoms with Crippen LogP contribution in [0.2, 0.25) is 0 Å². The number of fused-ring (bicyclic) bond motifs is 4. The second kappa shape index (κ2) is 11.6. The summed E-state index contributed by atoms with van der Waals surface area (Å²) in [5.41, 5.74) is 11.2. The Morgan fingerprint density at radius 3 is 1.50 bits per heavy atom. The lowest BCUT2D eigenvalue weighted by atomic mass is 9.93. The van der Waals surface area contributed by atoms with Crippen LogP contribution in [-0.4, -0.2) is 19.5 Å². The van der Waals surface area contributed by atoms with E-state index in [1.165, 1.54) is 43.8 Å². The first-order valence-electron chi connectivity index (χ1n) is 17.3. The molecule has 244 valence electrons. The van der Waals surface area contributed by atoms with Crippen LogP contribution in [-0.2, 0) is 0 Å². The zero-order valence-corrected chi connectivity index (χ0v) is 27.5. The molecule has 8 aromatic carbocycles. The molecule has 10 aromatic rings. The minimum Gasteiger partial charge on any atom is -0.308 e. The molecular formula is C48H32N4. The monoisotopic (exact) mass is 664 g/mol. The summed E-state index contributed by atoms with van der Waals surface area (Å²) in [5.74, 6) is 1.92. The van der Waals surface area contributed by atoms with Gasteiger partial charge in [0.05, 0.1) is 16.7 Å². The maximum Gasteiger partial charge on any atom is 0.166 e. The number of benzene rings is 8. The first kappa shape index (κ1) is 30.0. The molecule has 0 amide bonds. The average molecular weight is 665 g/mol. The van der Waals surface area contributed by atoms with Crippen LogP contribution in [0.3, 0.4) is 0 Å². The summed E-state index contributed by atoms with van der Waals surface area (Å²) in [6.07, 6.45) is 0. The quantitative estimate of drug-likeness (QED) is 0.188. The number of hydrogen-bond acceptors (Lipinski definition) is 3. The normalized spacial score (nSPS) is 11.7. The van der Waals surface area contributed by atoms with Crippen molar-refractivity contribution in [2.75, 3.05) is 0 Å². The van der Waals surface area contributed by atoms with Gasteiger partial charge in [0, 0.05) is 27.5 Å². The topological polar surface area (TPSA) is 43.6 Å². The molecule has 2 aromatic heterocycles. The molecule has 0 aliphatic heterocycles. The van der Waals surface area contributed by atoms with E-state index in [0.717, 1.165) is 44.2 Å². The minimum atomic E-state index is 0. The molecule has 0 spiro atoms. The highest BCUT2D eigenvalue weighted by Gasteiger charge is 2.26. The molecule has 0 bridgehead atoms. The SMILES string of the molecule is C.c1ccc(-c2nc(-c3ccccc3)nc(-c3cc4ccccc4cc3-n3c4cccc5c4c4c6c(cccc6ccc43)-c3ccccc3-5)n2)cc1. The molecule has 1 aliphatic rings. The Labute approximate surface area is 301 Å². The zero-order valence-electron chi connectivity index (χ0n) is 27.5. The minimum absolute atomic E-state index is 0. The highest BCUT2D eigenvalue weighted by molar-refractivity contribution is 6.30. The van der Waals surface area contributed by atoms with Crippen LogP contribution in [0.15, 0.2) is 170 Å². The maximum absolute atomic E-state index is 5.22. The summed E-state index contributed by atoms with van der Waals surface area (Å²) in [4.78, 5) is 15.5. The van der Waals surface area contributed by atoms with Crippen LogP contribution in [0, 0.1) is 0 Å². The highest BCUT2D eigenvalue weighted by Crippen LogP contribution is 2.50. The predicted octanol–water partition coefficient (Wildman–Crippen LogP) is 12.6. The van der Waals surface area contributed by atoms with Gasteiger partial charge in [-0.05, 0) is 68.1 Å². The molecule has 4 nitrogen and oxygen atoms in total. The Balaban J connectivity index is 0.00000338. The van der Waals surface area contributed by atoms with Gasteiger partial charge in [-0.15, -0.1) is 0 Å². The molecular weight excluding hydrogens is 633 g/mol. The lowest BCUT2D eigenvalue weighted by Gasteiger charge is -2.17. The number of nitrogens with zero attached hydrogens (tertiary/aromatic N) is 4. The highest BCUT2D eigenvalue weighted by atomic mass is 15.1. The summed E-state index contributed by atoms with van der Waals surface area (Å²) in [6, 6.07) is 60.3. The Hall–Kier alpha value is -6.91. The largest absolute Gasteiger partial charge is 0.308 e. The predicted molar refractivity (Wildman–Crippen MR) is 217 cm³/mol. The first-order chi connectivity index (χ1) is 25.3. The van der Waals surface area contributed by atoms with Crippen molar-refractivity contribution < 1.29 is 0 Å². The number of hydrogen-bond donors (Lipinski definition) is 0. The van der Waals surface area contributed by atoms with Gasteiger partial charge in [-0.2, -0.15) is 0 Å². The van der Waals surface area contributed by atoms with E-state index in [0.29, 0.717) is 17.5 Å². The fourth-order valence-electron chi connectivity index (χ4n) is 8.11. The van der Waals surface area contributed by atoms with Crippen LogP contribution in [0.4, 0.5) is 0 Å². The molecule has 0 fully saturated rings. The van der Waals surface area contributed by atoms with E-state index in [1.54, 1.807) is 0 Å². The average Bonchev–Trinajstić information content (AvgIpc) is 3.49. The smallest absolute Gasteiger partial charge is 0.166 e. The molecule has 52 heavy (non-hydrogen) atoms. The summed E-state index contributed by atoms with van der Waals surface area (Å²) >= 11 is 0. The number of rotatable bonds is 4. The summed E-state index contributed by atoms with van der Waals surface area (Å²) in [6.45, 7) is 0. The molecule has 0 radical (unpaired) electrons. The fraction of sp³-hybridized carbons (Fsp3) is 0.0208. The van der Waals surface area contributed by atoms with Gasteiger partial charge >= 0.3 is 0 Å². The maximum atomic E-state index is 5.22. The van der Waals surface area contributed by atoms with Crippen molar-refractivity contribution in [2.24, 2.45) is 0 Å². The van der Waals surface area contributed by atoms with Crippen LogP contribution in [0.25, 0.3) is 105 Å². The second-order valence-electron chi connectivity index (χ2n) is 13.2. The third-order valence-corrected chi connectivity index (χ3v) is 10.4. The molecule has 11 rings (SSSR count). The summed E-state index contributed by atoms with van der Waals surface area (Å²) < 4.78 is 2.44. The van der Waals surface area contributed by atoms with Crippen molar-refractivity contribution in [3.8, 4) is 62.1 Å². The van der Waals surface area contributed by atoms with Crippen molar-refractivity contribution in [1.82, 2.24) is 19.5 Å². The second-order valence-corrected chi connectivity index (χ2v) is 13.2. The lowest BCUT2D eigenvalue weighted by Crippen LogP contribution is -2.04. The van der Waals surface area contributed by atoms with Crippen LogP contribution < -0.4 is 0 Å². The van der Waals surface area contributed by atoms with Crippen molar-refractivity contribution in [3.05, 3.63) is 170 Å². The van der Waals surface area contributed by atoms with E-state index in [4.69, 9.17) is 15.0 Å². The van der Waals surface area contributed by atoms with E-state index in [1.807, 2.05) is 36.4 Å². The van der Waals surface area contributed by atoms with Crippen molar-refractivity contribution >= 4 is 43.4 Å². The zero-order chi connectivity index (χ0) is 33.5. The van der Waals surface area contributed by atoms with Gasteiger partial charge in [0.1, 0.15) is 0 Å². The van der Waals surface area contributed by atoms with E-state index in [-0.39, 0.29) is 7.43 Å². The number of aromatic nitrogens is 4. The Morgan fingerprint density at radius 2 is 0.827 bits per heavy atom. The first-order valence-corrected chi connectivity index (χ1v) is 17.3. The van der Waals surface area contributed by atoms with E-state index < -0.39 is 0 Å². The summed E-state index contributed by atoms with van der Waals surface area (Å²) in [7, 11) is 0. The Bertz CT molecular complexity index is 2960. The third kappa shape index (κ3) is 4.38. The van der Waals surface area contributed by atoms with Crippen molar-refractivity contribution in [1.29, 1.82) is 0 Å². The standard InChI is InChI=1S/C47H28N4.CH4/c1-3-13-30(14-4-1)45-48-46(31-15-5-2-6-16-31)50-47(49-45)38-27-32-17-7-8-18-33(32)28-41(38)51-39-24-12-23-37-35-21-10-9-20-34(35)36-22-11-19-29-25-26-40(51)44(42(29)36)43(37)39;/h1-28H;1H4. The van der Waals surface area contributed by atoms with E-state index >= 15 is 0 Å². The molecule has 0 atom stereocenters. The van der Waals surface area contributed by atoms with Gasteiger partial charge < -0.3 is 4.57 Å². The molecule has 0 saturated heterocycles. The molecule has 1 aliphatic carbocycles.